The Bertz CT molecular complexity index is 470. The van der Waals surface area contributed by atoms with Gasteiger partial charge in [0.25, 0.3) is 0 Å². The zero-order chi connectivity index (χ0) is 17.6. The van der Waals surface area contributed by atoms with Crippen molar-refractivity contribution in [3.8, 4) is 0 Å². The third kappa shape index (κ3) is 5.18. The molecule has 0 amide bonds. The summed E-state index contributed by atoms with van der Waals surface area (Å²) in [5.74, 6) is -0.789. The van der Waals surface area contributed by atoms with Gasteiger partial charge in [-0.05, 0) is 34.2 Å². The third-order valence-electron chi connectivity index (χ3n) is 4.83. The quantitative estimate of drug-likeness (QED) is 0.642. The maximum absolute atomic E-state index is 10.7. The van der Waals surface area contributed by atoms with E-state index in [1.807, 2.05) is 24.3 Å². The van der Waals surface area contributed by atoms with E-state index in [0.29, 0.717) is 16.6 Å². The van der Waals surface area contributed by atoms with Crippen LogP contribution in [0, 0.1) is 0 Å². The maximum Gasteiger partial charge on any atom is 0.307 e. The minimum atomic E-state index is -1.79. The van der Waals surface area contributed by atoms with Crippen molar-refractivity contribution in [3.63, 3.8) is 0 Å². The molecule has 0 atom stereocenters. The van der Waals surface area contributed by atoms with Crippen LogP contribution in [0.5, 0.6) is 0 Å². The molecule has 0 fully saturated rings. The molecule has 0 spiro atoms. The Labute approximate surface area is 142 Å². The van der Waals surface area contributed by atoms with Crippen LogP contribution in [0.2, 0.25) is 16.6 Å². The molecule has 0 aliphatic heterocycles. The van der Waals surface area contributed by atoms with E-state index in [9.17, 15) is 4.79 Å². The lowest BCUT2D eigenvalue weighted by Crippen LogP contribution is -2.48. The van der Waals surface area contributed by atoms with Crippen molar-refractivity contribution in [2.75, 3.05) is 6.61 Å². The van der Waals surface area contributed by atoms with Crippen LogP contribution >= 0.6 is 0 Å². The lowest BCUT2D eigenvalue weighted by Gasteiger charge is -2.42. The van der Waals surface area contributed by atoms with Gasteiger partial charge in [0.15, 0.2) is 8.32 Å². The van der Waals surface area contributed by atoms with E-state index in [0.717, 1.165) is 18.6 Å². The molecule has 1 aromatic carbocycles. The summed E-state index contributed by atoms with van der Waals surface area (Å²) in [6, 6.07) is 7.85. The van der Waals surface area contributed by atoms with Crippen molar-refractivity contribution < 1.29 is 14.3 Å². The van der Waals surface area contributed by atoms with Gasteiger partial charge < -0.3 is 9.53 Å². The molecule has 1 aromatic rings. The highest BCUT2D eigenvalue weighted by molar-refractivity contribution is 6.77. The van der Waals surface area contributed by atoms with Crippen molar-refractivity contribution in [2.24, 2.45) is 0 Å². The van der Waals surface area contributed by atoms with Crippen LogP contribution in [-0.2, 0) is 22.1 Å². The van der Waals surface area contributed by atoms with Gasteiger partial charge in [0.1, 0.15) is 0 Å². The molecule has 0 aliphatic carbocycles. The van der Waals surface area contributed by atoms with Gasteiger partial charge in [0, 0.05) is 6.61 Å². The van der Waals surface area contributed by atoms with Crippen LogP contribution < -0.4 is 0 Å². The Morgan fingerprint density at radius 3 is 1.78 bits per heavy atom. The first-order valence-electron chi connectivity index (χ1n) is 8.63. The van der Waals surface area contributed by atoms with E-state index in [1.54, 1.807) is 0 Å². The Balaban J connectivity index is 2.68. The van der Waals surface area contributed by atoms with E-state index >= 15 is 0 Å². The molecule has 4 heteroatoms. The lowest BCUT2D eigenvalue weighted by molar-refractivity contribution is -0.136. The highest BCUT2D eigenvalue weighted by atomic mass is 28.4. The molecule has 1 N–H and O–H groups in total. The summed E-state index contributed by atoms with van der Waals surface area (Å²) in [6.45, 7) is 14.5. The first-order chi connectivity index (χ1) is 10.7. The van der Waals surface area contributed by atoms with Crippen LogP contribution in [0.3, 0.4) is 0 Å². The second kappa shape index (κ2) is 8.64. The number of carboxylic acids is 1. The molecule has 0 saturated carbocycles. The van der Waals surface area contributed by atoms with Gasteiger partial charge >= 0.3 is 5.97 Å². The Morgan fingerprint density at radius 2 is 1.39 bits per heavy atom. The summed E-state index contributed by atoms with van der Waals surface area (Å²) >= 11 is 0. The van der Waals surface area contributed by atoms with Gasteiger partial charge in [-0.2, -0.15) is 0 Å². The molecule has 3 nitrogen and oxygen atoms in total. The van der Waals surface area contributed by atoms with E-state index in [-0.39, 0.29) is 6.42 Å². The highest BCUT2D eigenvalue weighted by Gasteiger charge is 2.44. The fraction of sp³-hybridized carbons (Fsp3) is 0.632. The number of rotatable bonds is 9. The SMILES string of the molecule is CC(C)[Si](OCCc1ccc(CC(=O)O)cc1)(C(C)C)C(C)C. The van der Waals surface area contributed by atoms with Crippen molar-refractivity contribution in [1.82, 2.24) is 0 Å². The Morgan fingerprint density at radius 1 is 0.957 bits per heavy atom. The summed E-state index contributed by atoms with van der Waals surface area (Å²) in [4.78, 5) is 10.7. The molecule has 1 rings (SSSR count). The summed E-state index contributed by atoms with van der Waals surface area (Å²) in [5.41, 5.74) is 3.84. The van der Waals surface area contributed by atoms with Crippen LogP contribution in [0.15, 0.2) is 24.3 Å². The Hall–Kier alpha value is -1.13. The summed E-state index contributed by atoms with van der Waals surface area (Å²) in [6.07, 6.45) is 0.967. The molecule has 0 aromatic heterocycles. The van der Waals surface area contributed by atoms with Crippen LogP contribution in [0.1, 0.15) is 52.7 Å². The summed E-state index contributed by atoms with van der Waals surface area (Å²) in [7, 11) is -1.79. The molecule has 130 valence electrons. The van der Waals surface area contributed by atoms with Gasteiger partial charge in [0.05, 0.1) is 6.42 Å². The second-order valence-corrected chi connectivity index (χ2v) is 12.8. The summed E-state index contributed by atoms with van der Waals surface area (Å²) in [5, 5.41) is 8.81. The van der Waals surface area contributed by atoms with E-state index in [1.165, 1.54) is 5.56 Å². The van der Waals surface area contributed by atoms with Crippen LogP contribution in [0.25, 0.3) is 0 Å². The third-order valence-corrected chi connectivity index (χ3v) is 10.9. The maximum atomic E-state index is 10.7. The Kier molecular flexibility index (Phi) is 7.48. The number of hydrogen-bond donors (Lipinski definition) is 1. The smallest absolute Gasteiger partial charge is 0.307 e. The normalized spacial score (nSPS) is 12.4. The van der Waals surface area contributed by atoms with Gasteiger partial charge in [-0.3, -0.25) is 4.79 Å². The largest absolute Gasteiger partial charge is 0.481 e. The number of carbonyl (C=O) groups is 1. The van der Waals surface area contributed by atoms with Crippen molar-refractivity contribution >= 4 is 14.3 Å². The lowest BCUT2D eigenvalue weighted by atomic mass is 10.1. The molecular formula is C19H32O3Si. The molecular weight excluding hydrogens is 304 g/mol. The zero-order valence-corrected chi connectivity index (χ0v) is 16.4. The molecule has 0 radical (unpaired) electrons. The fourth-order valence-corrected chi connectivity index (χ4v) is 9.30. The summed E-state index contributed by atoms with van der Waals surface area (Å²) < 4.78 is 6.56. The fourth-order valence-electron chi connectivity index (χ4n) is 3.84. The molecule has 0 heterocycles. The van der Waals surface area contributed by atoms with Crippen LogP contribution in [0.4, 0.5) is 0 Å². The number of hydrogen-bond acceptors (Lipinski definition) is 2. The molecule has 0 bridgehead atoms. The topological polar surface area (TPSA) is 46.5 Å². The average molecular weight is 337 g/mol. The van der Waals surface area contributed by atoms with Gasteiger partial charge in [-0.1, -0.05) is 65.8 Å². The predicted molar refractivity (Wildman–Crippen MR) is 98.5 cm³/mol. The molecule has 0 unspecified atom stereocenters. The van der Waals surface area contributed by atoms with Crippen molar-refractivity contribution in [2.45, 2.75) is 71.0 Å². The zero-order valence-electron chi connectivity index (χ0n) is 15.4. The molecule has 0 aliphatic rings. The number of aliphatic carboxylic acids is 1. The van der Waals surface area contributed by atoms with E-state index in [4.69, 9.17) is 9.53 Å². The number of carboxylic acid groups (broad SMARTS) is 1. The minimum absolute atomic E-state index is 0.0842. The molecule has 23 heavy (non-hydrogen) atoms. The minimum Gasteiger partial charge on any atom is -0.481 e. The average Bonchev–Trinajstić information content (AvgIpc) is 2.43. The van der Waals surface area contributed by atoms with Gasteiger partial charge in [-0.15, -0.1) is 0 Å². The first kappa shape index (κ1) is 19.9. The van der Waals surface area contributed by atoms with Crippen molar-refractivity contribution in [1.29, 1.82) is 0 Å². The predicted octanol–water partition coefficient (Wildman–Crippen LogP) is 5.05. The van der Waals surface area contributed by atoms with Gasteiger partial charge in [0.2, 0.25) is 0 Å². The standard InChI is InChI=1S/C19H32O3Si/c1-14(2)23(15(3)4,16(5)6)22-12-11-17-7-9-18(10-8-17)13-19(20)21/h7-10,14-16H,11-13H2,1-6H3,(H,20,21). The first-order valence-corrected chi connectivity index (χ1v) is 10.8. The van der Waals surface area contributed by atoms with E-state index < -0.39 is 14.3 Å². The van der Waals surface area contributed by atoms with Crippen LogP contribution in [-0.4, -0.2) is 26.0 Å². The monoisotopic (exact) mass is 336 g/mol. The highest BCUT2D eigenvalue weighted by Crippen LogP contribution is 2.42. The van der Waals surface area contributed by atoms with Crippen molar-refractivity contribution in [3.05, 3.63) is 35.4 Å². The number of benzene rings is 1. The van der Waals surface area contributed by atoms with E-state index in [2.05, 4.69) is 41.5 Å². The van der Waals surface area contributed by atoms with Gasteiger partial charge in [-0.25, -0.2) is 0 Å². The molecule has 0 saturated heterocycles. The second-order valence-electron chi connectivity index (χ2n) is 7.30.